The first-order valence-corrected chi connectivity index (χ1v) is 6.14. The van der Waals surface area contributed by atoms with Gasteiger partial charge in [0.2, 0.25) is 0 Å². The highest BCUT2D eigenvalue weighted by atomic mass is 35.5. The molecule has 0 spiro atoms. The van der Waals surface area contributed by atoms with Gasteiger partial charge in [-0.3, -0.25) is 0 Å². The Labute approximate surface area is 107 Å². The molecule has 3 rings (SSSR count). The first kappa shape index (κ1) is 10.3. The Morgan fingerprint density at radius 1 is 1.29 bits per heavy atom. The van der Waals surface area contributed by atoms with Crippen LogP contribution in [0.4, 0.5) is 5.82 Å². The van der Waals surface area contributed by atoms with Crippen molar-refractivity contribution in [3.8, 4) is 11.3 Å². The highest BCUT2D eigenvalue weighted by Gasteiger charge is 2.15. The summed E-state index contributed by atoms with van der Waals surface area (Å²) < 4.78 is 1.81. The first-order chi connectivity index (χ1) is 8.29. The molecule has 0 amide bonds. The third-order valence-electron chi connectivity index (χ3n) is 2.46. The lowest BCUT2D eigenvalue weighted by atomic mass is 10.1. The highest BCUT2D eigenvalue weighted by Crippen LogP contribution is 2.33. The van der Waals surface area contributed by atoms with Gasteiger partial charge < -0.3 is 4.85 Å². The number of thiazole rings is 1. The zero-order chi connectivity index (χ0) is 11.8. The molecule has 2 heterocycles. The summed E-state index contributed by atoms with van der Waals surface area (Å²) in [5, 5.41) is 2.60. The summed E-state index contributed by atoms with van der Waals surface area (Å²) in [6.07, 6.45) is 1.86. The molecule has 0 saturated heterocycles. The van der Waals surface area contributed by atoms with Gasteiger partial charge in [0.15, 0.2) is 0 Å². The standard InChI is InChI=1S/C12H6ClN3S/c1-14-11-10(8-2-4-9(13)5-3-8)15-12-16(11)6-7-17-12/h2-7H. The van der Waals surface area contributed by atoms with Crippen molar-refractivity contribution >= 4 is 33.7 Å². The lowest BCUT2D eigenvalue weighted by molar-refractivity contribution is 1.25. The van der Waals surface area contributed by atoms with E-state index < -0.39 is 0 Å². The van der Waals surface area contributed by atoms with E-state index in [-0.39, 0.29) is 0 Å². The van der Waals surface area contributed by atoms with Crippen LogP contribution < -0.4 is 0 Å². The minimum absolute atomic E-state index is 0.545. The van der Waals surface area contributed by atoms with Crippen LogP contribution in [0.3, 0.4) is 0 Å². The van der Waals surface area contributed by atoms with Gasteiger partial charge in [0.25, 0.3) is 10.8 Å². The Bertz CT molecular complexity index is 718. The summed E-state index contributed by atoms with van der Waals surface area (Å²) in [5.74, 6) is 0.545. The number of nitrogens with zero attached hydrogens (tertiary/aromatic N) is 3. The Morgan fingerprint density at radius 2 is 2.06 bits per heavy atom. The van der Waals surface area contributed by atoms with Crippen LogP contribution in [-0.4, -0.2) is 9.38 Å². The van der Waals surface area contributed by atoms with Crippen LogP contribution in [0.5, 0.6) is 0 Å². The van der Waals surface area contributed by atoms with E-state index in [2.05, 4.69) is 9.83 Å². The number of hydrogen-bond acceptors (Lipinski definition) is 2. The monoisotopic (exact) mass is 259 g/mol. The van der Waals surface area contributed by atoms with Crippen molar-refractivity contribution in [3.05, 3.63) is 52.3 Å². The molecule has 3 aromatic rings. The molecular formula is C12H6ClN3S. The number of imidazole rings is 1. The molecule has 1 aromatic carbocycles. The van der Waals surface area contributed by atoms with Crippen LogP contribution in [0, 0.1) is 6.57 Å². The van der Waals surface area contributed by atoms with Gasteiger partial charge in [-0.05, 0) is 17.7 Å². The third kappa shape index (κ3) is 1.60. The third-order valence-corrected chi connectivity index (χ3v) is 3.47. The molecule has 0 saturated carbocycles. The summed E-state index contributed by atoms with van der Waals surface area (Å²) >= 11 is 7.36. The van der Waals surface area contributed by atoms with Crippen LogP contribution in [0.25, 0.3) is 21.1 Å². The van der Waals surface area contributed by atoms with Crippen molar-refractivity contribution < 1.29 is 0 Å². The van der Waals surface area contributed by atoms with Gasteiger partial charge in [0.05, 0.1) is 11.9 Å². The fourth-order valence-corrected chi connectivity index (χ4v) is 2.52. The zero-order valence-corrected chi connectivity index (χ0v) is 10.2. The number of halogens is 1. The fraction of sp³-hybridized carbons (Fsp3) is 0. The second-order valence-electron chi connectivity index (χ2n) is 3.46. The van der Waals surface area contributed by atoms with Crippen LogP contribution >= 0.6 is 22.9 Å². The molecule has 0 fully saturated rings. The first-order valence-electron chi connectivity index (χ1n) is 4.88. The second-order valence-corrected chi connectivity index (χ2v) is 4.77. The molecule has 0 radical (unpaired) electrons. The molecule has 0 aliphatic heterocycles. The maximum atomic E-state index is 7.26. The summed E-state index contributed by atoms with van der Waals surface area (Å²) in [5.41, 5.74) is 1.62. The predicted octanol–water partition coefficient (Wildman–Crippen LogP) is 4.27. The van der Waals surface area contributed by atoms with Gasteiger partial charge in [0.1, 0.15) is 0 Å². The number of aromatic nitrogens is 2. The summed E-state index contributed by atoms with van der Waals surface area (Å²) in [4.78, 5) is 8.86. The normalized spacial score (nSPS) is 10.6. The van der Waals surface area contributed by atoms with Crippen molar-refractivity contribution in [2.24, 2.45) is 0 Å². The van der Waals surface area contributed by atoms with E-state index in [0.717, 1.165) is 10.5 Å². The van der Waals surface area contributed by atoms with Crippen LogP contribution in [-0.2, 0) is 0 Å². The quantitative estimate of drug-likeness (QED) is 0.598. The predicted molar refractivity (Wildman–Crippen MR) is 69.8 cm³/mol. The highest BCUT2D eigenvalue weighted by molar-refractivity contribution is 7.15. The Balaban J connectivity index is 2.26. The summed E-state index contributed by atoms with van der Waals surface area (Å²) in [7, 11) is 0. The van der Waals surface area contributed by atoms with Crippen molar-refractivity contribution in [2.75, 3.05) is 0 Å². The lowest BCUT2D eigenvalue weighted by Gasteiger charge is -1.98. The van der Waals surface area contributed by atoms with E-state index in [0.29, 0.717) is 16.5 Å². The van der Waals surface area contributed by atoms with Gasteiger partial charge >= 0.3 is 0 Å². The van der Waals surface area contributed by atoms with Crippen molar-refractivity contribution in [2.45, 2.75) is 0 Å². The number of rotatable bonds is 1. The topological polar surface area (TPSA) is 21.7 Å². The van der Waals surface area contributed by atoms with E-state index in [1.807, 2.05) is 28.1 Å². The Hall–Kier alpha value is -1.83. The molecule has 0 atom stereocenters. The van der Waals surface area contributed by atoms with E-state index in [1.54, 1.807) is 12.1 Å². The molecule has 0 bridgehead atoms. The molecule has 2 aromatic heterocycles. The van der Waals surface area contributed by atoms with Gasteiger partial charge in [0, 0.05) is 10.4 Å². The van der Waals surface area contributed by atoms with Gasteiger partial charge in [-0.25, -0.2) is 9.38 Å². The van der Waals surface area contributed by atoms with Crippen LogP contribution in [0.2, 0.25) is 5.02 Å². The molecule has 0 aliphatic carbocycles. The lowest BCUT2D eigenvalue weighted by Crippen LogP contribution is -1.77. The molecule has 82 valence electrons. The van der Waals surface area contributed by atoms with Crippen molar-refractivity contribution in [1.29, 1.82) is 0 Å². The molecule has 0 N–H and O–H groups in total. The SMILES string of the molecule is [C-]#[N+]c1c(-c2ccc(Cl)cc2)nc2sccn12. The largest absolute Gasteiger partial charge is 0.361 e. The molecule has 5 heteroatoms. The number of benzene rings is 1. The number of fused-ring (bicyclic) bond motifs is 1. The average Bonchev–Trinajstić information content (AvgIpc) is 2.89. The molecule has 17 heavy (non-hydrogen) atoms. The summed E-state index contributed by atoms with van der Waals surface area (Å²) in [6.45, 7) is 7.26. The number of hydrogen-bond donors (Lipinski definition) is 0. The molecular weight excluding hydrogens is 254 g/mol. The van der Waals surface area contributed by atoms with E-state index in [1.165, 1.54) is 11.3 Å². The maximum absolute atomic E-state index is 7.26. The molecule has 0 unspecified atom stereocenters. The van der Waals surface area contributed by atoms with Gasteiger partial charge in [-0.2, -0.15) is 0 Å². The van der Waals surface area contributed by atoms with Crippen LogP contribution in [0.15, 0.2) is 35.8 Å². The fourth-order valence-electron chi connectivity index (χ4n) is 1.68. The smallest absolute Gasteiger partial charge is 0.267 e. The Morgan fingerprint density at radius 3 is 2.76 bits per heavy atom. The average molecular weight is 260 g/mol. The second kappa shape index (κ2) is 3.88. The van der Waals surface area contributed by atoms with Crippen LogP contribution in [0.1, 0.15) is 0 Å². The minimum Gasteiger partial charge on any atom is -0.361 e. The van der Waals surface area contributed by atoms with E-state index in [9.17, 15) is 0 Å². The zero-order valence-electron chi connectivity index (χ0n) is 8.59. The Kier molecular flexibility index (Phi) is 2.36. The van der Waals surface area contributed by atoms with E-state index in [4.69, 9.17) is 18.2 Å². The maximum Gasteiger partial charge on any atom is 0.267 e. The van der Waals surface area contributed by atoms with Gasteiger partial charge in [-0.1, -0.05) is 41.6 Å². The summed E-state index contributed by atoms with van der Waals surface area (Å²) in [6, 6.07) is 7.36. The van der Waals surface area contributed by atoms with Gasteiger partial charge in [-0.15, -0.1) is 0 Å². The molecule has 3 nitrogen and oxygen atoms in total. The minimum atomic E-state index is 0.545. The van der Waals surface area contributed by atoms with Crippen molar-refractivity contribution in [3.63, 3.8) is 0 Å². The molecule has 0 aliphatic rings. The van der Waals surface area contributed by atoms with Crippen molar-refractivity contribution in [1.82, 2.24) is 9.38 Å². The van der Waals surface area contributed by atoms with E-state index >= 15 is 0 Å².